The number of benzene rings is 2. The predicted octanol–water partition coefficient (Wildman–Crippen LogP) is 2.48. The summed E-state index contributed by atoms with van der Waals surface area (Å²) in [5.41, 5.74) is 1.69. The molecule has 2 aromatic carbocycles. The minimum absolute atomic E-state index is 0.0169. The average Bonchev–Trinajstić information content (AvgIpc) is 2.47. The summed E-state index contributed by atoms with van der Waals surface area (Å²) >= 11 is 0. The van der Waals surface area contributed by atoms with Gasteiger partial charge in [0.1, 0.15) is 0 Å². The van der Waals surface area contributed by atoms with Gasteiger partial charge in [0.25, 0.3) is 5.69 Å². The third-order valence-corrected chi connectivity index (χ3v) is 4.44. The van der Waals surface area contributed by atoms with E-state index in [0.29, 0.717) is 16.8 Å². The molecule has 0 radical (unpaired) electrons. The summed E-state index contributed by atoms with van der Waals surface area (Å²) < 4.78 is 27.1. The van der Waals surface area contributed by atoms with E-state index in [-0.39, 0.29) is 5.69 Å². The van der Waals surface area contributed by atoms with Gasteiger partial charge in [-0.25, -0.2) is 0 Å². The van der Waals surface area contributed by atoms with E-state index in [9.17, 15) is 18.5 Å². The largest absolute Gasteiger partial charge is 0.301 e. The summed E-state index contributed by atoms with van der Waals surface area (Å²) in [5, 5.41) is 10.8. The van der Waals surface area contributed by atoms with Crippen LogP contribution < -0.4 is 4.72 Å². The SMILES string of the molecule is CN(C)S(=O)(=O)Nc1cccc(-c2cccc([N+](=O)[O-])c2)c1. The van der Waals surface area contributed by atoms with Crippen LogP contribution in [0.25, 0.3) is 11.1 Å². The highest BCUT2D eigenvalue weighted by molar-refractivity contribution is 7.90. The van der Waals surface area contributed by atoms with E-state index in [1.54, 1.807) is 36.4 Å². The Bertz CT molecular complexity index is 803. The van der Waals surface area contributed by atoms with Gasteiger partial charge < -0.3 is 0 Å². The number of rotatable bonds is 5. The lowest BCUT2D eigenvalue weighted by Crippen LogP contribution is -2.28. The fraction of sp³-hybridized carbons (Fsp3) is 0.143. The Balaban J connectivity index is 2.37. The molecule has 0 amide bonds. The molecular weight excluding hydrogens is 306 g/mol. The Kier molecular flexibility index (Phi) is 4.43. The third-order valence-electron chi connectivity index (χ3n) is 2.98. The van der Waals surface area contributed by atoms with Gasteiger partial charge in [-0.3, -0.25) is 14.8 Å². The molecule has 0 saturated carbocycles. The first-order valence-corrected chi connectivity index (χ1v) is 7.79. The fourth-order valence-corrected chi connectivity index (χ4v) is 2.41. The zero-order chi connectivity index (χ0) is 16.3. The monoisotopic (exact) mass is 321 g/mol. The second-order valence-corrected chi connectivity index (χ2v) is 6.66. The molecule has 0 heterocycles. The molecule has 1 N–H and O–H groups in total. The van der Waals surface area contributed by atoms with Crippen molar-refractivity contribution in [2.75, 3.05) is 18.8 Å². The topological polar surface area (TPSA) is 92.6 Å². The average molecular weight is 321 g/mol. The molecule has 0 saturated heterocycles. The van der Waals surface area contributed by atoms with E-state index in [0.717, 1.165) is 4.31 Å². The zero-order valence-corrected chi connectivity index (χ0v) is 12.9. The minimum atomic E-state index is -3.60. The Morgan fingerprint density at radius 3 is 2.23 bits per heavy atom. The zero-order valence-electron chi connectivity index (χ0n) is 12.1. The predicted molar refractivity (Wildman–Crippen MR) is 84.8 cm³/mol. The summed E-state index contributed by atoms with van der Waals surface area (Å²) in [6.07, 6.45) is 0. The van der Waals surface area contributed by atoms with Gasteiger partial charge in [0, 0.05) is 26.2 Å². The van der Waals surface area contributed by atoms with Crippen molar-refractivity contribution in [1.82, 2.24) is 4.31 Å². The van der Waals surface area contributed by atoms with Crippen molar-refractivity contribution in [3.63, 3.8) is 0 Å². The molecule has 0 unspecified atom stereocenters. The highest BCUT2D eigenvalue weighted by atomic mass is 32.2. The van der Waals surface area contributed by atoms with Crippen LogP contribution >= 0.6 is 0 Å². The number of nitro groups is 1. The van der Waals surface area contributed by atoms with E-state index in [1.807, 2.05) is 0 Å². The molecule has 22 heavy (non-hydrogen) atoms. The van der Waals surface area contributed by atoms with Crippen LogP contribution in [0.2, 0.25) is 0 Å². The fourth-order valence-electron chi connectivity index (χ4n) is 1.80. The lowest BCUT2D eigenvalue weighted by molar-refractivity contribution is -0.384. The first-order chi connectivity index (χ1) is 10.3. The van der Waals surface area contributed by atoms with Gasteiger partial charge in [-0.2, -0.15) is 12.7 Å². The van der Waals surface area contributed by atoms with Gasteiger partial charge in [0.05, 0.1) is 10.6 Å². The van der Waals surface area contributed by atoms with E-state index >= 15 is 0 Å². The lowest BCUT2D eigenvalue weighted by Gasteiger charge is -2.14. The summed E-state index contributed by atoms with van der Waals surface area (Å²) in [7, 11) is -0.750. The maximum atomic E-state index is 11.8. The lowest BCUT2D eigenvalue weighted by atomic mass is 10.0. The minimum Gasteiger partial charge on any atom is -0.271 e. The molecule has 0 aromatic heterocycles. The number of hydrogen-bond donors (Lipinski definition) is 1. The number of anilines is 1. The van der Waals surface area contributed by atoms with Gasteiger partial charge in [-0.15, -0.1) is 0 Å². The summed E-state index contributed by atoms with van der Waals surface area (Å²) in [6.45, 7) is 0. The molecule has 2 aromatic rings. The van der Waals surface area contributed by atoms with Gasteiger partial charge in [-0.1, -0.05) is 24.3 Å². The third kappa shape index (κ3) is 3.60. The number of hydrogen-bond acceptors (Lipinski definition) is 4. The van der Waals surface area contributed by atoms with Gasteiger partial charge >= 0.3 is 10.2 Å². The van der Waals surface area contributed by atoms with Gasteiger partial charge in [0.2, 0.25) is 0 Å². The molecule has 0 aliphatic carbocycles. The number of non-ortho nitro benzene ring substituents is 1. The van der Waals surface area contributed by atoms with Crippen molar-refractivity contribution in [3.8, 4) is 11.1 Å². The van der Waals surface area contributed by atoms with E-state index < -0.39 is 15.1 Å². The van der Waals surface area contributed by atoms with E-state index in [4.69, 9.17) is 0 Å². The van der Waals surface area contributed by atoms with Crippen LogP contribution in [0.1, 0.15) is 0 Å². The van der Waals surface area contributed by atoms with Crippen molar-refractivity contribution in [2.24, 2.45) is 0 Å². The van der Waals surface area contributed by atoms with Crippen molar-refractivity contribution in [3.05, 3.63) is 58.6 Å². The van der Waals surface area contributed by atoms with Crippen molar-refractivity contribution in [1.29, 1.82) is 0 Å². The molecule has 0 atom stereocenters. The van der Waals surface area contributed by atoms with Gasteiger partial charge in [0.15, 0.2) is 0 Å². The van der Waals surface area contributed by atoms with Crippen LogP contribution in [0.4, 0.5) is 11.4 Å². The highest BCUT2D eigenvalue weighted by Crippen LogP contribution is 2.26. The molecule has 0 aliphatic rings. The molecule has 116 valence electrons. The Morgan fingerprint density at radius 2 is 1.64 bits per heavy atom. The normalized spacial score (nSPS) is 11.4. The second-order valence-electron chi connectivity index (χ2n) is 4.78. The molecule has 2 rings (SSSR count). The van der Waals surface area contributed by atoms with Crippen LogP contribution in [0.15, 0.2) is 48.5 Å². The summed E-state index contributed by atoms with van der Waals surface area (Å²) in [5.74, 6) is 0. The maximum absolute atomic E-state index is 11.8. The van der Waals surface area contributed by atoms with Crippen molar-refractivity contribution < 1.29 is 13.3 Å². The van der Waals surface area contributed by atoms with Crippen molar-refractivity contribution >= 4 is 21.6 Å². The first kappa shape index (κ1) is 15.9. The Labute approximate surface area is 128 Å². The number of nitrogens with one attached hydrogen (secondary N) is 1. The quantitative estimate of drug-likeness (QED) is 0.676. The van der Waals surface area contributed by atoms with Crippen LogP contribution in [0, 0.1) is 10.1 Å². The molecule has 0 fully saturated rings. The summed E-state index contributed by atoms with van der Waals surface area (Å²) in [4.78, 5) is 10.4. The van der Waals surface area contributed by atoms with Crippen LogP contribution in [-0.4, -0.2) is 31.7 Å². The van der Waals surface area contributed by atoms with Crippen LogP contribution in [0.5, 0.6) is 0 Å². The Morgan fingerprint density at radius 1 is 1.05 bits per heavy atom. The number of nitrogens with zero attached hydrogens (tertiary/aromatic N) is 2. The second kappa shape index (κ2) is 6.12. The summed E-state index contributed by atoms with van der Waals surface area (Å²) in [6, 6.07) is 12.8. The molecular formula is C14H15N3O4S. The first-order valence-electron chi connectivity index (χ1n) is 6.35. The Hall–Kier alpha value is -2.45. The van der Waals surface area contributed by atoms with Crippen LogP contribution in [0.3, 0.4) is 0 Å². The number of nitro benzene ring substituents is 1. The molecule has 0 spiro atoms. The molecule has 7 nitrogen and oxygen atoms in total. The standard InChI is InChI=1S/C14H15N3O4S/c1-16(2)22(20,21)15-13-7-3-5-11(9-13)12-6-4-8-14(10-12)17(18)19/h3-10,15H,1-2H3. The van der Waals surface area contributed by atoms with E-state index in [1.165, 1.54) is 26.2 Å². The van der Waals surface area contributed by atoms with E-state index in [2.05, 4.69) is 4.72 Å². The molecule has 8 heteroatoms. The smallest absolute Gasteiger partial charge is 0.271 e. The van der Waals surface area contributed by atoms with Crippen molar-refractivity contribution in [2.45, 2.75) is 0 Å². The van der Waals surface area contributed by atoms with Gasteiger partial charge in [-0.05, 0) is 23.3 Å². The highest BCUT2D eigenvalue weighted by Gasteiger charge is 2.13. The maximum Gasteiger partial charge on any atom is 0.301 e. The molecule has 0 bridgehead atoms. The van der Waals surface area contributed by atoms with Crippen LogP contribution in [-0.2, 0) is 10.2 Å². The molecule has 0 aliphatic heterocycles.